The van der Waals surface area contributed by atoms with Crippen LogP contribution in [0.1, 0.15) is 5.56 Å². The number of hydrogen-bond acceptors (Lipinski definition) is 5. The Balaban J connectivity index is 2.19. The van der Waals surface area contributed by atoms with Crippen LogP contribution in [0.5, 0.6) is 0 Å². The number of rotatable bonds is 4. The van der Waals surface area contributed by atoms with Crippen LogP contribution in [0, 0.1) is 10.1 Å². The van der Waals surface area contributed by atoms with Crippen LogP contribution in [0.4, 0.5) is 11.9 Å². The molecule has 1 heterocycles. The first-order chi connectivity index (χ1) is 8.58. The second kappa shape index (κ2) is 4.82. The summed E-state index contributed by atoms with van der Waals surface area (Å²) in [5.41, 5.74) is 1.10. The van der Waals surface area contributed by atoms with Gasteiger partial charge in [0.2, 0.25) is 0 Å². The fraction of sp³-hybridized carbons (Fsp3) is 0.273. The van der Waals surface area contributed by atoms with Crippen molar-refractivity contribution in [3.05, 3.63) is 46.0 Å². The minimum Gasteiger partial charge on any atom is -0.390 e. The van der Waals surface area contributed by atoms with Crippen molar-refractivity contribution in [2.45, 2.75) is 6.54 Å². The molecule has 2 aromatic rings. The smallest absolute Gasteiger partial charge is 0.390 e. The predicted octanol–water partition coefficient (Wildman–Crippen LogP) is 1.36. The Kier molecular flexibility index (Phi) is 3.22. The van der Waals surface area contributed by atoms with E-state index in [1.54, 1.807) is 7.05 Å². The number of aryl methyl sites for hydroxylation is 1. The molecule has 0 saturated carbocycles. The number of benzene rings is 1. The van der Waals surface area contributed by atoms with E-state index in [-0.39, 0.29) is 5.95 Å². The molecule has 0 amide bonds. The van der Waals surface area contributed by atoms with Crippen LogP contribution in [0.15, 0.2) is 30.3 Å². The predicted molar refractivity (Wildman–Crippen MR) is 66.2 cm³/mol. The second-order valence-corrected chi connectivity index (χ2v) is 3.93. The molecule has 0 atom stereocenters. The fourth-order valence-electron chi connectivity index (χ4n) is 1.70. The van der Waals surface area contributed by atoms with E-state index in [0.29, 0.717) is 12.5 Å². The SMILES string of the molecule is CN(Cc1ccccc1)c1nc([N+](=O)[O-])nn1C. The number of aromatic nitrogens is 3. The maximum atomic E-state index is 10.6. The minimum atomic E-state index is -0.597. The molecule has 7 nitrogen and oxygen atoms in total. The van der Waals surface area contributed by atoms with Crippen LogP contribution in [0.3, 0.4) is 0 Å². The third-order valence-corrected chi connectivity index (χ3v) is 2.50. The molecule has 7 heteroatoms. The van der Waals surface area contributed by atoms with Crippen LogP contribution in [-0.2, 0) is 13.6 Å². The lowest BCUT2D eigenvalue weighted by atomic mass is 10.2. The van der Waals surface area contributed by atoms with E-state index in [9.17, 15) is 10.1 Å². The van der Waals surface area contributed by atoms with Crippen LogP contribution >= 0.6 is 0 Å². The summed E-state index contributed by atoms with van der Waals surface area (Å²) in [5.74, 6) is 0.0814. The van der Waals surface area contributed by atoms with Crippen LogP contribution < -0.4 is 4.90 Å². The van der Waals surface area contributed by atoms with Gasteiger partial charge in [-0.15, -0.1) is 0 Å². The summed E-state index contributed by atoms with van der Waals surface area (Å²) in [6.07, 6.45) is 0. The van der Waals surface area contributed by atoms with Gasteiger partial charge in [-0.05, 0) is 15.5 Å². The molecule has 0 spiro atoms. The minimum absolute atomic E-state index is 0.382. The van der Waals surface area contributed by atoms with Gasteiger partial charge in [-0.25, -0.2) is 0 Å². The average molecular weight is 247 g/mol. The van der Waals surface area contributed by atoms with Gasteiger partial charge in [-0.2, -0.15) is 4.68 Å². The van der Waals surface area contributed by atoms with E-state index < -0.39 is 4.92 Å². The summed E-state index contributed by atoms with van der Waals surface area (Å²) in [5, 5.41) is 14.3. The highest BCUT2D eigenvalue weighted by Gasteiger charge is 2.21. The molecule has 1 aromatic carbocycles. The van der Waals surface area contributed by atoms with Gasteiger partial charge in [0.15, 0.2) is 0 Å². The molecule has 0 radical (unpaired) electrons. The standard InChI is InChI=1S/C11H13N5O2/c1-14(8-9-6-4-3-5-7-9)11-12-10(16(17)18)13-15(11)2/h3-7H,8H2,1-2H3. The Morgan fingerprint density at radius 1 is 1.39 bits per heavy atom. The van der Waals surface area contributed by atoms with Crippen molar-refractivity contribution >= 4 is 11.9 Å². The lowest BCUT2D eigenvalue weighted by Gasteiger charge is -2.14. The Labute approximate surface area is 104 Å². The summed E-state index contributed by atoms with van der Waals surface area (Å²) in [7, 11) is 3.46. The highest BCUT2D eigenvalue weighted by atomic mass is 16.6. The van der Waals surface area contributed by atoms with Gasteiger partial charge in [0, 0.05) is 25.7 Å². The number of hydrogen-bond donors (Lipinski definition) is 0. The summed E-state index contributed by atoms with van der Waals surface area (Å²) in [6.45, 7) is 0.616. The molecule has 0 bridgehead atoms. The number of anilines is 1. The zero-order valence-corrected chi connectivity index (χ0v) is 10.1. The monoisotopic (exact) mass is 247 g/mol. The first-order valence-electron chi connectivity index (χ1n) is 5.38. The maximum Gasteiger partial charge on any atom is 0.493 e. The van der Waals surface area contributed by atoms with E-state index in [1.807, 2.05) is 42.3 Å². The molecular formula is C11H13N5O2. The Bertz CT molecular complexity index is 552. The highest BCUT2D eigenvalue weighted by molar-refractivity contribution is 5.33. The van der Waals surface area contributed by atoms with Crippen LogP contribution in [0.25, 0.3) is 0 Å². The summed E-state index contributed by atoms with van der Waals surface area (Å²) < 4.78 is 1.40. The van der Waals surface area contributed by atoms with Gasteiger partial charge in [0.25, 0.3) is 0 Å². The number of nitrogens with zero attached hydrogens (tertiary/aromatic N) is 5. The van der Waals surface area contributed by atoms with E-state index in [1.165, 1.54) is 4.68 Å². The molecule has 0 saturated heterocycles. The third kappa shape index (κ3) is 2.45. The van der Waals surface area contributed by atoms with Crippen molar-refractivity contribution in [2.75, 3.05) is 11.9 Å². The molecule has 0 fully saturated rings. The van der Waals surface area contributed by atoms with Crippen molar-refractivity contribution < 1.29 is 4.92 Å². The second-order valence-electron chi connectivity index (χ2n) is 3.93. The zero-order chi connectivity index (χ0) is 13.1. The third-order valence-electron chi connectivity index (χ3n) is 2.50. The first-order valence-corrected chi connectivity index (χ1v) is 5.38. The van der Waals surface area contributed by atoms with Crippen LogP contribution in [0.2, 0.25) is 0 Å². The van der Waals surface area contributed by atoms with Crippen molar-refractivity contribution in [2.24, 2.45) is 7.05 Å². The van der Waals surface area contributed by atoms with Crippen LogP contribution in [-0.4, -0.2) is 26.7 Å². The van der Waals surface area contributed by atoms with Gasteiger partial charge >= 0.3 is 11.9 Å². The molecule has 18 heavy (non-hydrogen) atoms. The molecule has 0 aliphatic rings. The van der Waals surface area contributed by atoms with Gasteiger partial charge in [-0.3, -0.25) is 0 Å². The maximum absolute atomic E-state index is 10.6. The summed E-state index contributed by atoms with van der Waals surface area (Å²) in [6, 6.07) is 9.81. The Hall–Kier alpha value is -2.44. The quantitative estimate of drug-likeness (QED) is 0.602. The molecule has 94 valence electrons. The van der Waals surface area contributed by atoms with Crippen molar-refractivity contribution in [3.8, 4) is 0 Å². The normalized spacial score (nSPS) is 10.3. The number of nitro groups is 1. The topological polar surface area (TPSA) is 77.1 Å². The lowest BCUT2D eigenvalue weighted by molar-refractivity contribution is -0.394. The first kappa shape index (κ1) is 12.0. The Morgan fingerprint density at radius 3 is 2.61 bits per heavy atom. The van der Waals surface area contributed by atoms with Gasteiger partial charge < -0.3 is 15.0 Å². The molecule has 1 aromatic heterocycles. The summed E-state index contributed by atoms with van der Waals surface area (Å²) in [4.78, 5) is 15.7. The van der Waals surface area contributed by atoms with Gasteiger partial charge in [-0.1, -0.05) is 30.3 Å². The van der Waals surface area contributed by atoms with Gasteiger partial charge in [0.1, 0.15) is 0 Å². The fourth-order valence-corrected chi connectivity index (χ4v) is 1.70. The van der Waals surface area contributed by atoms with E-state index in [0.717, 1.165) is 5.56 Å². The van der Waals surface area contributed by atoms with E-state index in [2.05, 4.69) is 10.1 Å². The van der Waals surface area contributed by atoms with Crippen molar-refractivity contribution in [1.82, 2.24) is 14.8 Å². The van der Waals surface area contributed by atoms with Crippen molar-refractivity contribution in [1.29, 1.82) is 0 Å². The molecular weight excluding hydrogens is 234 g/mol. The summed E-state index contributed by atoms with van der Waals surface area (Å²) >= 11 is 0. The van der Waals surface area contributed by atoms with Gasteiger partial charge in [0.05, 0.1) is 0 Å². The molecule has 0 aliphatic heterocycles. The van der Waals surface area contributed by atoms with Crippen molar-refractivity contribution in [3.63, 3.8) is 0 Å². The zero-order valence-electron chi connectivity index (χ0n) is 10.1. The Morgan fingerprint density at radius 2 is 2.06 bits per heavy atom. The molecule has 0 unspecified atom stereocenters. The van der Waals surface area contributed by atoms with E-state index >= 15 is 0 Å². The molecule has 0 aliphatic carbocycles. The lowest BCUT2D eigenvalue weighted by Crippen LogP contribution is -2.20. The molecule has 0 N–H and O–H groups in total. The average Bonchev–Trinajstić information content (AvgIpc) is 2.73. The highest BCUT2D eigenvalue weighted by Crippen LogP contribution is 2.15. The largest absolute Gasteiger partial charge is 0.493 e. The van der Waals surface area contributed by atoms with E-state index in [4.69, 9.17) is 0 Å². The molecule has 2 rings (SSSR count).